The van der Waals surface area contributed by atoms with Crippen LogP contribution < -0.4 is 5.32 Å². The van der Waals surface area contributed by atoms with Gasteiger partial charge in [-0.2, -0.15) is 16.7 Å². The van der Waals surface area contributed by atoms with Crippen LogP contribution in [0, 0.1) is 0 Å². The Bertz CT molecular complexity index is 316. The highest BCUT2D eigenvalue weighted by atomic mass is 32.2. The molecule has 0 aliphatic carbocycles. The van der Waals surface area contributed by atoms with Crippen molar-refractivity contribution in [3.8, 4) is 0 Å². The van der Waals surface area contributed by atoms with Crippen LogP contribution in [0.2, 0.25) is 0 Å². The van der Waals surface area contributed by atoms with Crippen LogP contribution in [0.5, 0.6) is 0 Å². The van der Waals surface area contributed by atoms with Crippen LogP contribution in [0.15, 0.2) is 4.52 Å². The van der Waals surface area contributed by atoms with E-state index in [1.165, 1.54) is 0 Å². The van der Waals surface area contributed by atoms with E-state index < -0.39 is 0 Å². The Morgan fingerprint density at radius 2 is 2.12 bits per heavy atom. The smallest absolute Gasteiger partial charge is 0.231 e. The van der Waals surface area contributed by atoms with E-state index in [0.717, 1.165) is 36.2 Å². The molecule has 0 spiro atoms. The average molecular weight is 257 g/mol. The predicted octanol–water partition coefficient (Wildman–Crippen LogP) is 2.81. The largest absolute Gasteiger partial charge is 0.339 e. The lowest BCUT2D eigenvalue weighted by molar-refractivity contribution is 0.329. The topological polar surface area (TPSA) is 51.0 Å². The van der Waals surface area contributed by atoms with Gasteiger partial charge in [0, 0.05) is 6.04 Å². The lowest BCUT2D eigenvalue weighted by Gasteiger charge is -2.17. The van der Waals surface area contributed by atoms with Gasteiger partial charge in [-0.3, -0.25) is 0 Å². The summed E-state index contributed by atoms with van der Waals surface area (Å²) in [5.74, 6) is 3.72. The molecule has 0 saturated heterocycles. The first-order valence-electron chi connectivity index (χ1n) is 6.32. The van der Waals surface area contributed by atoms with E-state index >= 15 is 0 Å². The fourth-order valence-corrected chi connectivity index (χ4v) is 1.97. The summed E-state index contributed by atoms with van der Waals surface area (Å²) in [7, 11) is 0. The normalized spacial score (nSPS) is 14.8. The minimum absolute atomic E-state index is 0.259. The van der Waals surface area contributed by atoms with Crippen molar-refractivity contribution < 1.29 is 4.52 Å². The number of nitrogens with one attached hydrogen (secondary N) is 1. The third-order valence-electron chi connectivity index (χ3n) is 2.77. The van der Waals surface area contributed by atoms with Crippen molar-refractivity contribution in [1.82, 2.24) is 15.5 Å². The molecule has 1 aromatic heterocycles. The van der Waals surface area contributed by atoms with Crippen molar-refractivity contribution in [3.63, 3.8) is 0 Å². The SMILES string of the molecule is CCCNC(C)C(C)c1nc(CSCC)no1. The van der Waals surface area contributed by atoms with Gasteiger partial charge in [0.05, 0.1) is 11.7 Å². The molecule has 0 aromatic carbocycles. The summed E-state index contributed by atoms with van der Waals surface area (Å²) in [4.78, 5) is 4.44. The van der Waals surface area contributed by atoms with E-state index in [4.69, 9.17) is 4.52 Å². The second kappa shape index (κ2) is 7.71. The van der Waals surface area contributed by atoms with E-state index in [-0.39, 0.29) is 5.92 Å². The van der Waals surface area contributed by atoms with Gasteiger partial charge >= 0.3 is 0 Å². The molecule has 5 heteroatoms. The molecule has 0 aliphatic heterocycles. The fourth-order valence-electron chi connectivity index (χ4n) is 1.47. The Hall–Kier alpha value is -0.550. The van der Waals surface area contributed by atoms with Crippen LogP contribution in [-0.4, -0.2) is 28.5 Å². The van der Waals surface area contributed by atoms with Crippen molar-refractivity contribution in [2.75, 3.05) is 12.3 Å². The highest BCUT2D eigenvalue weighted by molar-refractivity contribution is 7.98. The predicted molar refractivity (Wildman–Crippen MR) is 72.3 cm³/mol. The van der Waals surface area contributed by atoms with E-state index in [0.29, 0.717) is 6.04 Å². The van der Waals surface area contributed by atoms with E-state index in [1.54, 1.807) is 0 Å². The summed E-state index contributed by atoms with van der Waals surface area (Å²) in [5, 5.41) is 7.45. The zero-order valence-electron chi connectivity index (χ0n) is 11.2. The molecule has 1 heterocycles. The third kappa shape index (κ3) is 4.68. The molecule has 98 valence electrons. The lowest BCUT2D eigenvalue weighted by Crippen LogP contribution is -2.31. The first-order chi connectivity index (χ1) is 8.19. The second-order valence-corrected chi connectivity index (χ2v) is 5.49. The lowest BCUT2D eigenvalue weighted by atomic mass is 10.0. The Morgan fingerprint density at radius 3 is 2.76 bits per heavy atom. The van der Waals surface area contributed by atoms with Crippen LogP contribution in [0.4, 0.5) is 0 Å². The van der Waals surface area contributed by atoms with Crippen molar-refractivity contribution in [1.29, 1.82) is 0 Å². The molecule has 1 rings (SSSR count). The van der Waals surface area contributed by atoms with Gasteiger partial charge in [-0.05, 0) is 25.6 Å². The first kappa shape index (κ1) is 14.5. The molecule has 1 aromatic rings. The van der Waals surface area contributed by atoms with Gasteiger partial charge in [-0.25, -0.2) is 0 Å². The maximum absolute atomic E-state index is 5.31. The van der Waals surface area contributed by atoms with Gasteiger partial charge < -0.3 is 9.84 Å². The molecule has 0 aliphatic rings. The zero-order chi connectivity index (χ0) is 12.7. The Labute approximate surface area is 108 Å². The highest BCUT2D eigenvalue weighted by Crippen LogP contribution is 2.18. The molecular weight excluding hydrogens is 234 g/mol. The Morgan fingerprint density at radius 1 is 1.35 bits per heavy atom. The summed E-state index contributed by atoms with van der Waals surface area (Å²) >= 11 is 1.81. The van der Waals surface area contributed by atoms with Gasteiger partial charge in [0.1, 0.15) is 0 Å². The minimum atomic E-state index is 0.259. The zero-order valence-corrected chi connectivity index (χ0v) is 12.0. The highest BCUT2D eigenvalue weighted by Gasteiger charge is 2.19. The first-order valence-corrected chi connectivity index (χ1v) is 7.48. The number of thioether (sulfide) groups is 1. The van der Waals surface area contributed by atoms with Crippen molar-refractivity contribution in [2.24, 2.45) is 0 Å². The number of aromatic nitrogens is 2. The van der Waals surface area contributed by atoms with E-state index in [1.807, 2.05) is 11.8 Å². The molecule has 0 saturated carbocycles. The van der Waals surface area contributed by atoms with Crippen LogP contribution in [0.3, 0.4) is 0 Å². The molecule has 0 radical (unpaired) electrons. The summed E-state index contributed by atoms with van der Waals surface area (Å²) in [5.41, 5.74) is 0. The Balaban J connectivity index is 2.50. The average Bonchev–Trinajstić information content (AvgIpc) is 2.81. The standard InChI is InChI=1S/C12H23N3OS/c1-5-7-13-10(4)9(3)12-14-11(15-16-12)8-17-6-2/h9-10,13H,5-8H2,1-4H3. The summed E-state index contributed by atoms with van der Waals surface area (Å²) < 4.78 is 5.31. The molecule has 17 heavy (non-hydrogen) atoms. The number of rotatable bonds is 8. The maximum atomic E-state index is 5.31. The van der Waals surface area contributed by atoms with Crippen LogP contribution in [-0.2, 0) is 5.75 Å². The van der Waals surface area contributed by atoms with Crippen molar-refractivity contribution >= 4 is 11.8 Å². The van der Waals surface area contributed by atoms with Gasteiger partial charge in [0.15, 0.2) is 5.82 Å². The van der Waals surface area contributed by atoms with Crippen LogP contribution >= 0.6 is 11.8 Å². The molecule has 0 bridgehead atoms. The summed E-state index contributed by atoms with van der Waals surface area (Å²) in [6.07, 6.45) is 1.14. The number of hydrogen-bond acceptors (Lipinski definition) is 5. The Kier molecular flexibility index (Phi) is 6.58. The molecule has 2 unspecified atom stereocenters. The molecular formula is C12H23N3OS. The van der Waals surface area contributed by atoms with Gasteiger partial charge in [0.2, 0.25) is 5.89 Å². The monoisotopic (exact) mass is 257 g/mol. The van der Waals surface area contributed by atoms with Crippen LogP contribution in [0.25, 0.3) is 0 Å². The molecule has 0 amide bonds. The van der Waals surface area contributed by atoms with Crippen molar-refractivity contribution in [2.45, 2.75) is 51.8 Å². The molecule has 1 N–H and O–H groups in total. The van der Waals surface area contributed by atoms with E-state index in [9.17, 15) is 0 Å². The third-order valence-corrected chi connectivity index (χ3v) is 3.65. The van der Waals surface area contributed by atoms with Gasteiger partial charge in [-0.15, -0.1) is 0 Å². The number of hydrogen-bond donors (Lipinski definition) is 1. The molecule has 2 atom stereocenters. The van der Waals surface area contributed by atoms with Gasteiger partial charge in [0.25, 0.3) is 0 Å². The van der Waals surface area contributed by atoms with Crippen molar-refractivity contribution in [3.05, 3.63) is 11.7 Å². The minimum Gasteiger partial charge on any atom is -0.339 e. The summed E-state index contributed by atoms with van der Waals surface area (Å²) in [6.45, 7) is 9.60. The fraction of sp³-hybridized carbons (Fsp3) is 0.833. The summed E-state index contributed by atoms with van der Waals surface area (Å²) in [6, 6.07) is 0.363. The molecule has 0 fully saturated rings. The van der Waals surface area contributed by atoms with Gasteiger partial charge in [-0.1, -0.05) is 25.9 Å². The van der Waals surface area contributed by atoms with E-state index in [2.05, 4.69) is 43.2 Å². The van der Waals surface area contributed by atoms with Crippen LogP contribution in [0.1, 0.15) is 51.7 Å². The molecule has 4 nitrogen and oxygen atoms in total. The number of nitrogens with zero attached hydrogens (tertiary/aromatic N) is 2. The quantitative estimate of drug-likeness (QED) is 0.776. The maximum Gasteiger partial charge on any atom is 0.231 e. The second-order valence-electron chi connectivity index (χ2n) is 4.22.